The van der Waals surface area contributed by atoms with Crippen LogP contribution in [0.15, 0.2) is 24.3 Å². The molecule has 0 N–H and O–H groups in total. The van der Waals surface area contributed by atoms with Crippen molar-refractivity contribution in [2.24, 2.45) is 5.92 Å². The van der Waals surface area contributed by atoms with Crippen LogP contribution in [0, 0.1) is 5.92 Å². The summed E-state index contributed by atoms with van der Waals surface area (Å²) in [5.41, 5.74) is 2.34. The molecule has 3 heteroatoms. The van der Waals surface area contributed by atoms with Gasteiger partial charge in [0, 0.05) is 6.54 Å². The average molecular weight is 291 g/mol. The number of benzene rings is 1. The third kappa shape index (κ3) is 6.30. The molecule has 1 aromatic carbocycles. The molecule has 0 spiro atoms. The van der Waals surface area contributed by atoms with E-state index in [1.807, 2.05) is 26.1 Å². The molecule has 0 aliphatic carbocycles. The number of hydrogen-bond acceptors (Lipinski definition) is 3. The Kier molecular flexibility index (Phi) is 7.44. The van der Waals surface area contributed by atoms with Gasteiger partial charge in [0.25, 0.3) is 0 Å². The van der Waals surface area contributed by atoms with Gasteiger partial charge in [-0.05, 0) is 44.0 Å². The second kappa shape index (κ2) is 8.83. The lowest BCUT2D eigenvalue weighted by atomic mass is 9.97. The quantitative estimate of drug-likeness (QED) is 0.687. The number of ether oxygens (including phenoxy) is 1. The highest BCUT2D eigenvalue weighted by Crippen LogP contribution is 2.18. The van der Waals surface area contributed by atoms with Crippen LogP contribution in [0.2, 0.25) is 0 Å². The molecular weight excluding hydrogens is 262 g/mol. The van der Waals surface area contributed by atoms with Crippen molar-refractivity contribution in [2.45, 2.75) is 40.0 Å². The van der Waals surface area contributed by atoms with E-state index in [0.29, 0.717) is 12.5 Å². The fraction of sp³-hybridized carbons (Fsp3) is 0.611. The van der Waals surface area contributed by atoms with Gasteiger partial charge in [-0.25, -0.2) is 0 Å². The summed E-state index contributed by atoms with van der Waals surface area (Å²) in [5.74, 6) is 0.301. The molecule has 1 unspecified atom stereocenters. The van der Waals surface area contributed by atoms with Gasteiger partial charge in [0.1, 0.15) is 6.61 Å². The summed E-state index contributed by atoms with van der Waals surface area (Å²) in [6, 6.07) is 8.32. The Bertz CT molecular complexity index is 425. The second-order valence-corrected chi connectivity index (χ2v) is 6.12. The summed E-state index contributed by atoms with van der Waals surface area (Å²) >= 11 is 0. The topological polar surface area (TPSA) is 29.5 Å². The van der Waals surface area contributed by atoms with E-state index in [1.54, 1.807) is 0 Å². The van der Waals surface area contributed by atoms with Gasteiger partial charge < -0.3 is 9.64 Å². The number of carbonyl (C=O) groups is 1. The van der Waals surface area contributed by atoms with Crippen LogP contribution in [0.4, 0.5) is 0 Å². The molecule has 0 radical (unpaired) electrons. The van der Waals surface area contributed by atoms with Gasteiger partial charge in [-0.3, -0.25) is 4.79 Å². The van der Waals surface area contributed by atoms with Crippen LogP contribution in [0.3, 0.4) is 0 Å². The monoisotopic (exact) mass is 291 g/mol. The molecule has 0 aromatic heterocycles. The van der Waals surface area contributed by atoms with Gasteiger partial charge in [0.15, 0.2) is 0 Å². The Hall–Kier alpha value is -1.35. The van der Waals surface area contributed by atoms with Crippen LogP contribution in [-0.4, -0.2) is 37.6 Å². The molecule has 0 aliphatic rings. The van der Waals surface area contributed by atoms with Crippen LogP contribution in [0.1, 0.15) is 44.7 Å². The van der Waals surface area contributed by atoms with Crippen molar-refractivity contribution in [1.82, 2.24) is 4.90 Å². The fourth-order valence-electron chi connectivity index (χ4n) is 2.14. The van der Waals surface area contributed by atoms with Crippen molar-refractivity contribution in [2.75, 3.05) is 26.7 Å². The van der Waals surface area contributed by atoms with Gasteiger partial charge in [-0.1, -0.05) is 45.0 Å². The van der Waals surface area contributed by atoms with Crippen molar-refractivity contribution in [3.05, 3.63) is 35.4 Å². The zero-order valence-corrected chi connectivity index (χ0v) is 14.1. The van der Waals surface area contributed by atoms with E-state index >= 15 is 0 Å². The minimum atomic E-state index is -0.204. The summed E-state index contributed by atoms with van der Waals surface area (Å²) in [6.07, 6.45) is 1.07. The molecule has 0 aliphatic heterocycles. The molecule has 0 amide bonds. The first-order valence-electron chi connectivity index (χ1n) is 7.88. The molecule has 0 heterocycles. The van der Waals surface area contributed by atoms with Crippen LogP contribution in [-0.2, 0) is 16.0 Å². The molecule has 1 aromatic rings. The molecule has 0 saturated heterocycles. The lowest BCUT2D eigenvalue weighted by molar-refractivity contribution is -0.145. The largest absolute Gasteiger partial charge is 0.464 e. The third-order valence-electron chi connectivity index (χ3n) is 3.73. The zero-order chi connectivity index (χ0) is 15.8. The summed E-state index contributed by atoms with van der Waals surface area (Å²) in [7, 11) is 2.02. The SMILES string of the molecule is CCN(C)CCOC(=O)C(C)c1ccc(CC(C)C)cc1. The van der Waals surface area contributed by atoms with E-state index in [-0.39, 0.29) is 11.9 Å². The second-order valence-electron chi connectivity index (χ2n) is 6.12. The Morgan fingerprint density at radius 2 is 1.81 bits per heavy atom. The van der Waals surface area contributed by atoms with E-state index in [2.05, 4.69) is 37.8 Å². The molecule has 0 bridgehead atoms. The van der Waals surface area contributed by atoms with Gasteiger partial charge in [0.05, 0.1) is 5.92 Å². The zero-order valence-electron chi connectivity index (χ0n) is 14.1. The molecule has 0 fully saturated rings. The smallest absolute Gasteiger partial charge is 0.313 e. The van der Waals surface area contributed by atoms with Crippen LogP contribution < -0.4 is 0 Å². The molecule has 1 atom stereocenters. The lowest BCUT2D eigenvalue weighted by Gasteiger charge is -2.16. The van der Waals surface area contributed by atoms with Crippen LogP contribution in [0.5, 0.6) is 0 Å². The van der Waals surface area contributed by atoms with E-state index in [1.165, 1.54) is 5.56 Å². The van der Waals surface area contributed by atoms with E-state index in [4.69, 9.17) is 4.74 Å². The van der Waals surface area contributed by atoms with Gasteiger partial charge in [-0.2, -0.15) is 0 Å². The average Bonchev–Trinajstić information content (AvgIpc) is 2.46. The van der Waals surface area contributed by atoms with Gasteiger partial charge in [0.2, 0.25) is 0 Å². The molecule has 3 nitrogen and oxygen atoms in total. The maximum Gasteiger partial charge on any atom is 0.313 e. The molecule has 0 saturated carbocycles. The minimum absolute atomic E-state index is 0.142. The maximum absolute atomic E-state index is 12.0. The predicted octanol–water partition coefficient (Wildman–Crippen LogP) is 3.48. The standard InChI is InChI=1S/C18H29NO2/c1-6-19(5)11-12-21-18(20)15(4)17-9-7-16(8-10-17)13-14(2)3/h7-10,14-15H,6,11-13H2,1-5H3. The highest BCUT2D eigenvalue weighted by molar-refractivity contribution is 5.77. The molecule has 21 heavy (non-hydrogen) atoms. The van der Waals surface area contributed by atoms with Crippen molar-refractivity contribution < 1.29 is 9.53 Å². The Labute approximate surface area is 129 Å². The summed E-state index contributed by atoms with van der Waals surface area (Å²) in [5, 5.41) is 0. The highest BCUT2D eigenvalue weighted by atomic mass is 16.5. The number of nitrogens with zero attached hydrogens (tertiary/aromatic N) is 1. The first-order valence-corrected chi connectivity index (χ1v) is 7.88. The lowest BCUT2D eigenvalue weighted by Crippen LogP contribution is -2.25. The van der Waals surface area contributed by atoms with E-state index in [9.17, 15) is 4.79 Å². The highest BCUT2D eigenvalue weighted by Gasteiger charge is 2.16. The molecule has 1 rings (SSSR count). The fourth-order valence-corrected chi connectivity index (χ4v) is 2.14. The minimum Gasteiger partial charge on any atom is -0.464 e. The van der Waals surface area contributed by atoms with Crippen molar-refractivity contribution in [3.63, 3.8) is 0 Å². The first kappa shape index (κ1) is 17.7. The first-order chi connectivity index (χ1) is 9.93. The Morgan fingerprint density at radius 3 is 2.33 bits per heavy atom. The normalized spacial score (nSPS) is 12.7. The van der Waals surface area contributed by atoms with Gasteiger partial charge >= 0.3 is 5.97 Å². The Morgan fingerprint density at radius 1 is 1.19 bits per heavy atom. The van der Waals surface area contributed by atoms with Crippen molar-refractivity contribution in [3.8, 4) is 0 Å². The summed E-state index contributed by atoms with van der Waals surface area (Å²) in [4.78, 5) is 14.2. The van der Waals surface area contributed by atoms with Crippen LogP contribution >= 0.6 is 0 Å². The molecular formula is C18H29NO2. The predicted molar refractivity (Wildman–Crippen MR) is 87.5 cm³/mol. The Balaban J connectivity index is 2.50. The summed E-state index contributed by atoms with van der Waals surface area (Å²) in [6.45, 7) is 10.6. The van der Waals surface area contributed by atoms with Crippen LogP contribution in [0.25, 0.3) is 0 Å². The molecule has 118 valence electrons. The number of carbonyl (C=O) groups excluding carboxylic acids is 1. The summed E-state index contributed by atoms with van der Waals surface area (Å²) < 4.78 is 5.34. The number of hydrogen-bond donors (Lipinski definition) is 0. The van der Waals surface area contributed by atoms with Gasteiger partial charge in [-0.15, -0.1) is 0 Å². The third-order valence-corrected chi connectivity index (χ3v) is 3.73. The van der Waals surface area contributed by atoms with Crippen molar-refractivity contribution in [1.29, 1.82) is 0 Å². The number of likely N-dealkylation sites (N-methyl/N-ethyl adjacent to an activating group) is 1. The van der Waals surface area contributed by atoms with E-state index < -0.39 is 0 Å². The number of rotatable bonds is 8. The number of esters is 1. The van der Waals surface area contributed by atoms with E-state index in [0.717, 1.165) is 25.1 Å². The maximum atomic E-state index is 12.0. The van der Waals surface area contributed by atoms with Crippen molar-refractivity contribution >= 4 is 5.97 Å².